The molecule has 0 spiro atoms. The number of hydrogen-bond acceptors (Lipinski definition) is 5. The molecular formula is C22H31N3O4S. The molecule has 0 fully saturated rings. The van der Waals surface area contributed by atoms with Crippen LogP contribution in [0.5, 0.6) is 0 Å². The maximum absolute atomic E-state index is 13.2. The molecule has 0 aromatic heterocycles. The lowest BCUT2D eigenvalue weighted by Gasteiger charge is -2.23. The number of aryl methyl sites for hydroxylation is 1. The fourth-order valence-corrected chi connectivity index (χ4v) is 4.77. The van der Waals surface area contributed by atoms with E-state index in [0.717, 1.165) is 18.5 Å². The van der Waals surface area contributed by atoms with Crippen LogP contribution in [0.15, 0.2) is 41.3 Å². The highest BCUT2D eigenvalue weighted by Gasteiger charge is 2.24. The Labute approximate surface area is 179 Å². The number of rotatable bonds is 10. The van der Waals surface area contributed by atoms with E-state index in [-0.39, 0.29) is 16.1 Å². The summed E-state index contributed by atoms with van der Waals surface area (Å²) < 4.78 is 28.9. The van der Waals surface area contributed by atoms with Crippen molar-refractivity contribution in [3.63, 3.8) is 0 Å². The van der Waals surface area contributed by atoms with Gasteiger partial charge in [0.05, 0.1) is 16.9 Å². The Kier molecular flexibility index (Phi) is 7.86. The van der Waals surface area contributed by atoms with Crippen LogP contribution < -0.4 is 9.62 Å². The maximum Gasteiger partial charge on any atom is 0.338 e. The monoisotopic (exact) mass is 433 g/mol. The molecule has 0 aliphatic heterocycles. The largest absolute Gasteiger partial charge is 0.478 e. The topological polar surface area (TPSA) is 90.0 Å². The van der Waals surface area contributed by atoms with E-state index in [1.807, 2.05) is 33.0 Å². The van der Waals surface area contributed by atoms with E-state index in [2.05, 4.69) is 9.62 Å². The first-order valence-electron chi connectivity index (χ1n) is 9.92. The minimum Gasteiger partial charge on any atom is -0.478 e. The van der Waals surface area contributed by atoms with E-state index in [1.165, 1.54) is 12.1 Å². The van der Waals surface area contributed by atoms with Crippen molar-refractivity contribution in [1.82, 2.24) is 4.90 Å². The molecule has 0 saturated carbocycles. The number of carboxylic acids is 1. The van der Waals surface area contributed by atoms with Crippen LogP contribution in [0.1, 0.15) is 34.8 Å². The summed E-state index contributed by atoms with van der Waals surface area (Å²) >= 11 is 0. The van der Waals surface area contributed by atoms with Gasteiger partial charge in [0, 0.05) is 13.6 Å². The molecule has 0 bridgehead atoms. The minimum absolute atomic E-state index is 0.0188. The third kappa shape index (κ3) is 5.52. The van der Waals surface area contributed by atoms with Gasteiger partial charge in [0.25, 0.3) is 10.0 Å². The smallest absolute Gasteiger partial charge is 0.338 e. The van der Waals surface area contributed by atoms with Crippen molar-refractivity contribution < 1.29 is 18.3 Å². The van der Waals surface area contributed by atoms with Crippen LogP contribution in [0.2, 0.25) is 0 Å². The Bertz CT molecular complexity index is 1000. The van der Waals surface area contributed by atoms with E-state index in [9.17, 15) is 18.3 Å². The number of carbonyl (C=O) groups is 1. The van der Waals surface area contributed by atoms with Gasteiger partial charge in [-0.05, 0) is 69.7 Å². The second-order valence-electron chi connectivity index (χ2n) is 7.58. The number of nitrogens with one attached hydrogen (secondary N) is 1. The van der Waals surface area contributed by atoms with Gasteiger partial charge in [-0.15, -0.1) is 0 Å². The summed E-state index contributed by atoms with van der Waals surface area (Å²) in [5.41, 5.74) is 2.07. The Morgan fingerprint density at radius 2 is 1.73 bits per heavy atom. The molecule has 0 heterocycles. The number of hydrogen-bond donors (Lipinski definition) is 2. The van der Waals surface area contributed by atoms with E-state index in [0.29, 0.717) is 24.2 Å². The zero-order chi connectivity index (χ0) is 22.5. The van der Waals surface area contributed by atoms with Gasteiger partial charge in [0.15, 0.2) is 0 Å². The summed E-state index contributed by atoms with van der Waals surface area (Å²) in [7, 11) is 1.85. The standard InChI is InChI=1S/C22H31N3O4S/c1-6-17-12-13-18(21(16(17)2)22(26)27)23-30(28,29)20-11-8-7-10-19(20)25(5)15-9-14-24(3)4/h7-8,10-13,23H,6,9,14-15H2,1-5H3,(H,26,27). The number of anilines is 2. The van der Waals surface area contributed by atoms with Gasteiger partial charge in [-0.25, -0.2) is 13.2 Å². The van der Waals surface area contributed by atoms with Crippen molar-refractivity contribution in [2.24, 2.45) is 0 Å². The number of nitrogens with zero attached hydrogens (tertiary/aromatic N) is 2. The summed E-state index contributed by atoms with van der Waals surface area (Å²) in [6.07, 6.45) is 1.55. The molecule has 0 unspecified atom stereocenters. The molecule has 2 aromatic rings. The first kappa shape index (κ1) is 23.7. The van der Waals surface area contributed by atoms with Crippen LogP contribution in [-0.4, -0.2) is 58.6 Å². The number of aromatic carboxylic acids is 1. The third-order valence-electron chi connectivity index (χ3n) is 5.08. The molecule has 30 heavy (non-hydrogen) atoms. The fourth-order valence-electron chi connectivity index (χ4n) is 3.44. The molecule has 0 atom stereocenters. The Hall–Kier alpha value is -2.58. The molecule has 2 N–H and O–H groups in total. The lowest BCUT2D eigenvalue weighted by molar-refractivity contribution is 0.0697. The van der Waals surface area contributed by atoms with Gasteiger partial charge in [-0.2, -0.15) is 0 Å². The molecule has 0 aliphatic rings. The minimum atomic E-state index is -3.99. The fraction of sp³-hybridized carbons (Fsp3) is 0.409. The van der Waals surface area contributed by atoms with Crippen LogP contribution in [-0.2, 0) is 16.4 Å². The lowest BCUT2D eigenvalue weighted by Crippen LogP contribution is -2.26. The quantitative estimate of drug-likeness (QED) is 0.597. The van der Waals surface area contributed by atoms with Crippen molar-refractivity contribution in [2.45, 2.75) is 31.6 Å². The van der Waals surface area contributed by atoms with Gasteiger partial charge < -0.3 is 14.9 Å². The van der Waals surface area contributed by atoms with Crippen LogP contribution in [0.3, 0.4) is 0 Å². The second kappa shape index (κ2) is 9.95. The summed E-state index contributed by atoms with van der Waals surface area (Å²) in [5.74, 6) is -1.16. The highest BCUT2D eigenvalue weighted by Crippen LogP contribution is 2.29. The van der Waals surface area contributed by atoms with Crippen LogP contribution >= 0.6 is 0 Å². The number of para-hydroxylation sites is 1. The van der Waals surface area contributed by atoms with Crippen molar-refractivity contribution in [2.75, 3.05) is 43.9 Å². The molecule has 7 nitrogen and oxygen atoms in total. The highest BCUT2D eigenvalue weighted by molar-refractivity contribution is 7.92. The molecule has 164 valence electrons. The molecule has 0 saturated heterocycles. The Balaban J connectivity index is 2.40. The van der Waals surface area contributed by atoms with Gasteiger partial charge >= 0.3 is 5.97 Å². The second-order valence-corrected chi connectivity index (χ2v) is 9.23. The van der Waals surface area contributed by atoms with E-state index in [4.69, 9.17) is 0 Å². The average Bonchev–Trinajstić information content (AvgIpc) is 2.67. The van der Waals surface area contributed by atoms with Crippen molar-refractivity contribution >= 4 is 27.4 Å². The van der Waals surface area contributed by atoms with Crippen molar-refractivity contribution in [3.05, 3.63) is 53.1 Å². The molecule has 8 heteroatoms. The van der Waals surface area contributed by atoms with Crippen molar-refractivity contribution in [1.29, 1.82) is 0 Å². The molecule has 0 radical (unpaired) electrons. The molecular weight excluding hydrogens is 402 g/mol. The summed E-state index contributed by atoms with van der Waals surface area (Å²) in [6.45, 7) is 5.21. The van der Waals surface area contributed by atoms with Crippen LogP contribution in [0, 0.1) is 6.92 Å². The van der Waals surface area contributed by atoms with Crippen LogP contribution in [0.4, 0.5) is 11.4 Å². The first-order valence-corrected chi connectivity index (χ1v) is 11.4. The maximum atomic E-state index is 13.2. The summed E-state index contributed by atoms with van der Waals surface area (Å²) in [5, 5.41) is 9.67. The number of sulfonamides is 1. The Morgan fingerprint density at radius 1 is 1.07 bits per heavy atom. The molecule has 2 rings (SSSR count). The number of benzene rings is 2. The van der Waals surface area contributed by atoms with Crippen molar-refractivity contribution in [3.8, 4) is 0 Å². The average molecular weight is 434 g/mol. The van der Waals surface area contributed by atoms with Gasteiger partial charge in [-0.3, -0.25) is 4.72 Å². The Morgan fingerprint density at radius 3 is 2.33 bits per heavy atom. The van der Waals surface area contributed by atoms with Gasteiger partial charge in [0.2, 0.25) is 0 Å². The van der Waals surface area contributed by atoms with Gasteiger partial charge in [-0.1, -0.05) is 25.1 Å². The van der Waals surface area contributed by atoms with E-state index >= 15 is 0 Å². The molecule has 0 aliphatic carbocycles. The predicted octanol–water partition coefficient (Wildman–Crippen LogP) is 3.44. The van der Waals surface area contributed by atoms with E-state index in [1.54, 1.807) is 31.2 Å². The lowest BCUT2D eigenvalue weighted by atomic mass is 9.99. The van der Waals surface area contributed by atoms with E-state index < -0.39 is 16.0 Å². The zero-order valence-corrected chi connectivity index (χ0v) is 19.1. The predicted molar refractivity (Wildman–Crippen MR) is 121 cm³/mol. The molecule has 2 aromatic carbocycles. The zero-order valence-electron chi connectivity index (χ0n) is 18.3. The number of carboxylic acid groups (broad SMARTS) is 1. The summed E-state index contributed by atoms with van der Waals surface area (Å²) in [6, 6.07) is 10.0. The SMILES string of the molecule is CCc1ccc(NS(=O)(=O)c2ccccc2N(C)CCCN(C)C)c(C(=O)O)c1C. The normalized spacial score (nSPS) is 11.5. The van der Waals surface area contributed by atoms with Gasteiger partial charge in [0.1, 0.15) is 4.90 Å². The summed E-state index contributed by atoms with van der Waals surface area (Å²) in [4.78, 5) is 15.9. The first-order chi connectivity index (χ1) is 14.1. The highest BCUT2D eigenvalue weighted by atomic mass is 32.2. The molecule has 0 amide bonds. The van der Waals surface area contributed by atoms with Crippen LogP contribution in [0.25, 0.3) is 0 Å². The third-order valence-corrected chi connectivity index (χ3v) is 6.49.